The molecular formula is C18H20N6O. The number of hydrogen-bond acceptors (Lipinski definition) is 5. The van der Waals surface area contributed by atoms with Crippen molar-refractivity contribution in [1.82, 2.24) is 15.0 Å². The third-order valence-corrected chi connectivity index (χ3v) is 4.32. The topological polar surface area (TPSA) is 85.9 Å². The minimum atomic E-state index is -0.00275. The fourth-order valence-electron chi connectivity index (χ4n) is 2.61. The average Bonchev–Trinajstić information content (AvgIpc) is 3.28. The summed E-state index contributed by atoms with van der Waals surface area (Å²) in [5.41, 5.74) is 2.51. The van der Waals surface area contributed by atoms with Gasteiger partial charge in [0.15, 0.2) is 0 Å². The summed E-state index contributed by atoms with van der Waals surface area (Å²) < 4.78 is 0. The lowest BCUT2D eigenvalue weighted by molar-refractivity contribution is -0.116. The van der Waals surface area contributed by atoms with E-state index in [0.717, 1.165) is 28.2 Å². The number of H-pyrrole nitrogens is 1. The molecule has 3 aromatic rings. The number of amides is 1. The summed E-state index contributed by atoms with van der Waals surface area (Å²) in [6.45, 7) is 1.54. The normalized spacial score (nSPS) is 13.7. The second-order valence-corrected chi connectivity index (χ2v) is 6.30. The number of carbonyl (C=O) groups is 1. The molecule has 0 unspecified atom stereocenters. The van der Waals surface area contributed by atoms with Crippen molar-refractivity contribution in [2.24, 2.45) is 0 Å². The molecule has 1 aliphatic rings. The molecule has 2 heterocycles. The van der Waals surface area contributed by atoms with Crippen molar-refractivity contribution in [3.8, 4) is 0 Å². The minimum Gasteiger partial charge on any atom is -0.367 e. The highest BCUT2D eigenvalue weighted by Crippen LogP contribution is 2.29. The third-order valence-electron chi connectivity index (χ3n) is 4.32. The number of aromatic nitrogens is 3. The predicted octanol–water partition coefficient (Wildman–Crippen LogP) is 3.26. The van der Waals surface area contributed by atoms with Crippen LogP contribution in [0.25, 0.3) is 11.0 Å². The van der Waals surface area contributed by atoms with E-state index in [1.165, 1.54) is 12.8 Å². The van der Waals surface area contributed by atoms with Crippen LogP contribution in [-0.2, 0) is 4.79 Å². The Morgan fingerprint density at radius 1 is 1.20 bits per heavy atom. The Morgan fingerprint density at radius 3 is 2.64 bits per heavy atom. The van der Waals surface area contributed by atoms with Crippen molar-refractivity contribution in [2.45, 2.75) is 25.8 Å². The second-order valence-electron chi connectivity index (χ2n) is 6.30. The summed E-state index contributed by atoms with van der Waals surface area (Å²) >= 11 is 0. The smallest absolute Gasteiger partial charge is 0.231 e. The zero-order chi connectivity index (χ0) is 17.4. The van der Waals surface area contributed by atoms with E-state index in [0.29, 0.717) is 12.0 Å². The van der Waals surface area contributed by atoms with Gasteiger partial charge in [-0.15, -0.1) is 0 Å². The Labute approximate surface area is 145 Å². The molecule has 25 heavy (non-hydrogen) atoms. The largest absolute Gasteiger partial charge is 0.367 e. The highest BCUT2D eigenvalue weighted by atomic mass is 16.2. The fraction of sp³-hybridized carbons (Fsp3) is 0.278. The maximum atomic E-state index is 11.4. The lowest BCUT2D eigenvalue weighted by Gasteiger charge is -2.15. The quantitative estimate of drug-likeness (QED) is 0.666. The molecule has 7 nitrogen and oxygen atoms in total. The molecule has 0 radical (unpaired) electrons. The number of benzene rings is 1. The molecular weight excluding hydrogens is 316 g/mol. The Bertz CT molecular complexity index is 913. The summed E-state index contributed by atoms with van der Waals surface area (Å²) in [6, 6.07) is 10.1. The standard InChI is InChI=1S/C18H20N6O/c1-11(25)24(2)14-7-5-13(6-8-14)21-18-22-16-15(9-10-19-16)17(23-18)20-12-3-4-12/h5-10,12H,3-4H2,1-2H3,(H3,19,20,21,22,23). The van der Waals surface area contributed by atoms with Crippen molar-refractivity contribution in [2.75, 3.05) is 22.6 Å². The van der Waals surface area contributed by atoms with E-state index in [1.54, 1.807) is 18.9 Å². The van der Waals surface area contributed by atoms with Crippen LogP contribution in [0.15, 0.2) is 36.5 Å². The summed E-state index contributed by atoms with van der Waals surface area (Å²) in [5, 5.41) is 7.68. The molecule has 1 aliphatic carbocycles. The monoisotopic (exact) mass is 336 g/mol. The van der Waals surface area contributed by atoms with Gasteiger partial charge in [0, 0.05) is 37.6 Å². The van der Waals surface area contributed by atoms with Crippen molar-refractivity contribution in [3.05, 3.63) is 36.5 Å². The van der Waals surface area contributed by atoms with Crippen molar-refractivity contribution in [1.29, 1.82) is 0 Å². The van der Waals surface area contributed by atoms with Gasteiger partial charge in [-0.1, -0.05) is 0 Å². The van der Waals surface area contributed by atoms with Crippen LogP contribution >= 0.6 is 0 Å². The maximum absolute atomic E-state index is 11.4. The lowest BCUT2D eigenvalue weighted by Crippen LogP contribution is -2.22. The van der Waals surface area contributed by atoms with Crippen LogP contribution in [-0.4, -0.2) is 33.9 Å². The minimum absolute atomic E-state index is 0.00275. The number of nitrogens with one attached hydrogen (secondary N) is 3. The number of rotatable bonds is 5. The van der Waals surface area contributed by atoms with Crippen LogP contribution in [0.3, 0.4) is 0 Å². The van der Waals surface area contributed by atoms with Gasteiger partial charge >= 0.3 is 0 Å². The number of hydrogen-bond donors (Lipinski definition) is 3. The Balaban J connectivity index is 1.58. The average molecular weight is 336 g/mol. The second kappa shape index (κ2) is 6.08. The van der Waals surface area contributed by atoms with Crippen molar-refractivity contribution in [3.63, 3.8) is 0 Å². The first kappa shape index (κ1) is 15.4. The zero-order valence-corrected chi connectivity index (χ0v) is 14.2. The number of carbonyl (C=O) groups excluding carboxylic acids is 1. The van der Waals surface area contributed by atoms with E-state index < -0.39 is 0 Å². The van der Waals surface area contributed by atoms with Crippen LogP contribution in [0.5, 0.6) is 0 Å². The van der Waals surface area contributed by atoms with E-state index in [4.69, 9.17) is 0 Å². The van der Waals surface area contributed by atoms with Crippen LogP contribution in [0, 0.1) is 0 Å². The van der Waals surface area contributed by atoms with Gasteiger partial charge in [-0.3, -0.25) is 4.79 Å². The zero-order valence-electron chi connectivity index (χ0n) is 14.2. The molecule has 0 bridgehead atoms. The van der Waals surface area contributed by atoms with E-state index in [9.17, 15) is 4.79 Å². The molecule has 2 aromatic heterocycles. The van der Waals surface area contributed by atoms with Gasteiger partial charge in [-0.2, -0.15) is 9.97 Å². The molecule has 1 aromatic carbocycles. The molecule has 4 rings (SSSR count). The molecule has 7 heteroatoms. The van der Waals surface area contributed by atoms with Crippen molar-refractivity contribution >= 4 is 40.1 Å². The van der Waals surface area contributed by atoms with E-state index in [2.05, 4.69) is 25.6 Å². The molecule has 128 valence electrons. The Kier molecular flexibility index (Phi) is 3.76. The van der Waals surface area contributed by atoms with E-state index >= 15 is 0 Å². The predicted molar refractivity (Wildman–Crippen MR) is 99.3 cm³/mol. The van der Waals surface area contributed by atoms with Crippen LogP contribution in [0.4, 0.5) is 23.1 Å². The Morgan fingerprint density at radius 2 is 1.96 bits per heavy atom. The summed E-state index contributed by atoms with van der Waals surface area (Å²) in [4.78, 5) is 25.3. The van der Waals surface area contributed by atoms with Crippen molar-refractivity contribution < 1.29 is 4.79 Å². The first-order valence-electron chi connectivity index (χ1n) is 8.33. The third kappa shape index (κ3) is 3.26. The van der Waals surface area contributed by atoms with E-state index in [1.807, 2.05) is 36.5 Å². The van der Waals surface area contributed by atoms with Gasteiger partial charge in [0.05, 0.1) is 5.39 Å². The molecule has 0 spiro atoms. The van der Waals surface area contributed by atoms with Gasteiger partial charge in [0.1, 0.15) is 11.5 Å². The van der Waals surface area contributed by atoms with Gasteiger partial charge in [0.25, 0.3) is 0 Å². The first-order chi connectivity index (χ1) is 12.1. The lowest BCUT2D eigenvalue weighted by atomic mass is 10.2. The molecule has 0 aliphatic heterocycles. The number of nitrogens with zero attached hydrogens (tertiary/aromatic N) is 3. The molecule has 1 amide bonds. The highest BCUT2D eigenvalue weighted by molar-refractivity contribution is 5.91. The van der Waals surface area contributed by atoms with Gasteiger partial charge in [-0.25, -0.2) is 0 Å². The fourth-order valence-corrected chi connectivity index (χ4v) is 2.61. The van der Waals surface area contributed by atoms with Crippen LogP contribution in [0.1, 0.15) is 19.8 Å². The summed E-state index contributed by atoms with van der Waals surface area (Å²) in [6.07, 6.45) is 4.24. The SMILES string of the molecule is CC(=O)N(C)c1ccc(Nc2nc(NC3CC3)c3cc[nH]c3n2)cc1. The summed E-state index contributed by atoms with van der Waals surface area (Å²) in [5.74, 6) is 1.38. The molecule has 1 saturated carbocycles. The van der Waals surface area contributed by atoms with Gasteiger partial charge in [-0.05, 0) is 43.2 Å². The number of fused-ring (bicyclic) bond motifs is 1. The van der Waals surface area contributed by atoms with Gasteiger partial charge < -0.3 is 20.5 Å². The maximum Gasteiger partial charge on any atom is 0.231 e. The Hall–Kier alpha value is -3.09. The van der Waals surface area contributed by atoms with E-state index in [-0.39, 0.29) is 5.91 Å². The number of aromatic amines is 1. The molecule has 3 N–H and O–H groups in total. The molecule has 0 saturated heterocycles. The highest BCUT2D eigenvalue weighted by Gasteiger charge is 2.23. The van der Waals surface area contributed by atoms with Crippen LogP contribution in [0.2, 0.25) is 0 Å². The molecule has 0 atom stereocenters. The van der Waals surface area contributed by atoms with Gasteiger partial charge in [0.2, 0.25) is 11.9 Å². The van der Waals surface area contributed by atoms with Crippen LogP contribution < -0.4 is 15.5 Å². The molecule has 1 fully saturated rings. The first-order valence-corrected chi connectivity index (χ1v) is 8.33. The summed E-state index contributed by atoms with van der Waals surface area (Å²) in [7, 11) is 1.75. The number of anilines is 4.